The van der Waals surface area contributed by atoms with E-state index < -0.39 is 15.6 Å². The van der Waals surface area contributed by atoms with E-state index in [-0.39, 0.29) is 0 Å². The van der Waals surface area contributed by atoms with Crippen molar-refractivity contribution in [3.8, 4) is 5.75 Å². The first-order valence-corrected chi connectivity index (χ1v) is 11.2. The quantitative estimate of drug-likeness (QED) is 0.301. The Morgan fingerprint density at radius 3 is 2.37 bits per heavy atom. The Morgan fingerprint density at radius 1 is 1.15 bits per heavy atom. The normalized spacial score (nSPS) is 12.7. The first-order valence-electron chi connectivity index (χ1n) is 9.29. The van der Waals surface area contributed by atoms with E-state index in [9.17, 15) is 8.42 Å². The number of ether oxygens (including phenoxy) is 1. The van der Waals surface area contributed by atoms with Crippen molar-refractivity contribution in [3.63, 3.8) is 0 Å². The molecule has 0 saturated heterocycles. The van der Waals surface area contributed by atoms with Gasteiger partial charge in [-0.1, -0.05) is 12.1 Å². The molecule has 0 heterocycles. The van der Waals surface area contributed by atoms with Gasteiger partial charge in [0.15, 0.2) is 5.96 Å². The molecule has 0 atom stereocenters. The smallest absolute Gasteiger partial charge is 0.209 e. The van der Waals surface area contributed by atoms with Gasteiger partial charge < -0.3 is 15.4 Å². The number of aryl methyl sites for hydroxylation is 1. The summed E-state index contributed by atoms with van der Waals surface area (Å²) in [4.78, 5) is 4.50. The molecule has 0 saturated carbocycles. The average Bonchev–Trinajstić information content (AvgIpc) is 2.58. The van der Waals surface area contributed by atoms with Crippen LogP contribution in [0.3, 0.4) is 0 Å². The number of hydrogen-bond donors (Lipinski definition) is 3. The molecule has 0 fully saturated rings. The number of benzene rings is 1. The zero-order valence-corrected chi connectivity index (χ0v) is 17.9. The van der Waals surface area contributed by atoms with Crippen LogP contribution in [0.25, 0.3) is 0 Å². The van der Waals surface area contributed by atoms with Crippen molar-refractivity contribution in [2.75, 3.05) is 33.0 Å². The first kappa shape index (κ1) is 23.2. The zero-order chi connectivity index (χ0) is 20.3. The molecule has 0 unspecified atom stereocenters. The fourth-order valence-electron chi connectivity index (χ4n) is 2.61. The van der Waals surface area contributed by atoms with E-state index in [2.05, 4.69) is 32.5 Å². The third-order valence-electron chi connectivity index (χ3n) is 3.78. The Balaban J connectivity index is 2.40. The third kappa shape index (κ3) is 10.8. The maximum Gasteiger partial charge on any atom is 0.209 e. The number of hydrogen-bond acceptors (Lipinski definition) is 4. The molecule has 0 aliphatic rings. The van der Waals surface area contributed by atoms with E-state index in [0.717, 1.165) is 44.4 Å². The summed E-state index contributed by atoms with van der Waals surface area (Å²) in [6.07, 6.45) is 4.26. The van der Waals surface area contributed by atoms with Crippen molar-refractivity contribution >= 4 is 16.0 Å². The lowest BCUT2D eigenvalue weighted by Gasteiger charge is -2.23. The van der Waals surface area contributed by atoms with Crippen molar-refractivity contribution in [1.82, 2.24) is 15.4 Å². The van der Waals surface area contributed by atoms with Crippen molar-refractivity contribution in [3.05, 3.63) is 29.8 Å². The summed E-state index contributed by atoms with van der Waals surface area (Å²) in [7, 11) is -1.60. The van der Waals surface area contributed by atoms with E-state index in [4.69, 9.17) is 4.74 Å². The van der Waals surface area contributed by atoms with Gasteiger partial charge in [-0.15, -0.1) is 0 Å². The van der Waals surface area contributed by atoms with Gasteiger partial charge in [-0.25, -0.2) is 13.1 Å². The lowest BCUT2D eigenvalue weighted by Crippen LogP contribution is -2.46. The maximum atomic E-state index is 11.4. The number of methoxy groups -OCH3 is 1. The van der Waals surface area contributed by atoms with Crippen LogP contribution in [-0.4, -0.2) is 52.9 Å². The van der Waals surface area contributed by atoms with Gasteiger partial charge in [0.2, 0.25) is 10.0 Å². The van der Waals surface area contributed by atoms with Crippen LogP contribution in [0.2, 0.25) is 0 Å². The second-order valence-corrected chi connectivity index (χ2v) is 8.93. The monoisotopic (exact) mass is 398 g/mol. The highest BCUT2D eigenvalue weighted by atomic mass is 32.2. The Kier molecular flexibility index (Phi) is 9.59. The number of unbranched alkanes of at least 4 members (excludes halogenated alkanes) is 1. The molecule has 0 spiro atoms. The van der Waals surface area contributed by atoms with E-state index >= 15 is 0 Å². The molecule has 3 N–H and O–H groups in total. The van der Waals surface area contributed by atoms with Crippen LogP contribution in [0.1, 0.15) is 39.2 Å². The van der Waals surface area contributed by atoms with Crippen LogP contribution in [0.4, 0.5) is 0 Å². The minimum absolute atomic E-state index is 0.348. The highest BCUT2D eigenvalue weighted by molar-refractivity contribution is 7.88. The average molecular weight is 399 g/mol. The molecular weight excluding hydrogens is 364 g/mol. The summed E-state index contributed by atoms with van der Waals surface area (Å²) in [6.45, 7) is 7.54. The van der Waals surface area contributed by atoms with Gasteiger partial charge in [-0.2, -0.15) is 0 Å². The summed E-state index contributed by atoms with van der Waals surface area (Å²) >= 11 is 0. The van der Waals surface area contributed by atoms with Gasteiger partial charge in [0, 0.05) is 18.6 Å². The molecule has 0 amide bonds. The van der Waals surface area contributed by atoms with Gasteiger partial charge in [-0.05, 0) is 57.7 Å². The topological polar surface area (TPSA) is 91.8 Å². The Morgan fingerprint density at radius 2 is 1.81 bits per heavy atom. The summed E-state index contributed by atoms with van der Waals surface area (Å²) in [5.74, 6) is 1.57. The van der Waals surface area contributed by atoms with Crippen LogP contribution in [0.5, 0.6) is 5.75 Å². The summed E-state index contributed by atoms with van der Waals surface area (Å²) in [5, 5.41) is 6.49. The molecular formula is C19H34N4O3S. The maximum absolute atomic E-state index is 11.4. The molecule has 0 bridgehead atoms. The second-order valence-electron chi connectivity index (χ2n) is 7.19. The standard InChI is InChI=1S/C19H34N4O3S/c1-6-20-18(22-15-19(2,3)23-27(5,24)25)21-14-8-7-9-16-10-12-17(26-4)13-11-16/h10-13,23H,6-9,14-15H2,1-5H3,(H2,20,21,22). The molecule has 1 aromatic carbocycles. The van der Waals surface area contributed by atoms with Crippen LogP contribution >= 0.6 is 0 Å². The van der Waals surface area contributed by atoms with E-state index in [1.54, 1.807) is 7.11 Å². The van der Waals surface area contributed by atoms with Gasteiger partial charge in [0.05, 0.1) is 19.9 Å². The summed E-state index contributed by atoms with van der Waals surface area (Å²) in [5.41, 5.74) is 0.662. The zero-order valence-electron chi connectivity index (χ0n) is 17.1. The van der Waals surface area contributed by atoms with Crippen LogP contribution in [0.15, 0.2) is 29.3 Å². The first-order chi connectivity index (χ1) is 12.6. The minimum Gasteiger partial charge on any atom is -0.497 e. The summed E-state index contributed by atoms with van der Waals surface area (Å²) < 4.78 is 30.6. The number of sulfonamides is 1. The fourth-order valence-corrected chi connectivity index (χ4v) is 3.67. The number of nitrogens with one attached hydrogen (secondary N) is 3. The molecule has 8 heteroatoms. The molecule has 154 valence electrons. The number of rotatable bonds is 11. The Bertz CT molecular complexity index is 685. The molecule has 1 rings (SSSR count). The Hall–Kier alpha value is -1.80. The van der Waals surface area contributed by atoms with Crippen molar-refractivity contribution in [2.45, 2.75) is 45.6 Å². The van der Waals surface area contributed by atoms with Gasteiger partial charge in [0.1, 0.15) is 5.75 Å². The highest BCUT2D eigenvalue weighted by Gasteiger charge is 2.21. The van der Waals surface area contributed by atoms with Crippen LogP contribution in [-0.2, 0) is 16.4 Å². The van der Waals surface area contributed by atoms with Crippen molar-refractivity contribution in [1.29, 1.82) is 0 Å². The van der Waals surface area contributed by atoms with E-state index in [0.29, 0.717) is 12.5 Å². The largest absolute Gasteiger partial charge is 0.497 e. The predicted molar refractivity (Wildman–Crippen MR) is 112 cm³/mol. The minimum atomic E-state index is -3.27. The predicted octanol–water partition coefficient (Wildman–Crippen LogP) is 1.90. The number of guanidine groups is 1. The lowest BCUT2D eigenvalue weighted by molar-refractivity contribution is 0.414. The second kappa shape index (κ2) is 11.1. The molecule has 0 aromatic heterocycles. The summed E-state index contributed by atoms with van der Waals surface area (Å²) in [6, 6.07) is 8.15. The fraction of sp³-hybridized carbons (Fsp3) is 0.632. The molecule has 0 aliphatic heterocycles. The molecule has 27 heavy (non-hydrogen) atoms. The Labute approximate surface area is 164 Å². The van der Waals surface area contributed by atoms with Crippen LogP contribution < -0.4 is 20.1 Å². The van der Waals surface area contributed by atoms with Gasteiger partial charge in [-0.3, -0.25) is 4.99 Å². The lowest BCUT2D eigenvalue weighted by atomic mass is 10.1. The molecule has 1 aromatic rings. The molecule has 0 radical (unpaired) electrons. The van der Waals surface area contributed by atoms with Crippen molar-refractivity contribution < 1.29 is 13.2 Å². The number of aliphatic imine (C=N–C) groups is 1. The third-order valence-corrected chi connectivity index (χ3v) is 4.71. The molecule has 7 nitrogen and oxygen atoms in total. The SMILES string of the molecule is CCNC(=NCC(C)(C)NS(C)(=O)=O)NCCCCc1ccc(OC)cc1. The van der Waals surface area contributed by atoms with Crippen molar-refractivity contribution in [2.24, 2.45) is 4.99 Å². The van der Waals surface area contributed by atoms with Crippen LogP contribution in [0, 0.1) is 0 Å². The number of nitrogens with zero attached hydrogens (tertiary/aromatic N) is 1. The molecule has 0 aliphatic carbocycles. The van der Waals surface area contributed by atoms with Gasteiger partial charge >= 0.3 is 0 Å². The van der Waals surface area contributed by atoms with E-state index in [1.807, 2.05) is 32.9 Å². The highest BCUT2D eigenvalue weighted by Crippen LogP contribution is 2.13. The van der Waals surface area contributed by atoms with E-state index in [1.165, 1.54) is 5.56 Å². The van der Waals surface area contributed by atoms with Gasteiger partial charge in [0.25, 0.3) is 0 Å².